The number of halogens is 2. The predicted octanol–water partition coefficient (Wildman–Crippen LogP) is 4.31. The van der Waals surface area contributed by atoms with Gasteiger partial charge in [-0.2, -0.15) is 8.78 Å². The first-order valence-corrected chi connectivity index (χ1v) is 10.2. The molecule has 0 aliphatic carbocycles. The van der Waals surface area contributed by atoms with Crippen LogP contribution in [0, 0.1) is 6.92 Å². The van der Waals surface area contributed by atoms with E-state index < -0.39 is 11.7 Å². The highest BCUT2D eigenvalue weighted by Crippen LogP contribution is 2.34. The largest absolute Gasteiger partial charge is 0.384 e. The van der Waals surface area contributed by atoms with Crippen molar-refractivity contribution in [3.63, 3.8) is 0 Å². The van der Waals surface area contributed by atoms with Gasteiger partial charge in [-0.3, -0.25) is 4.79 Å². The van der Waals surface area contributed by atoms with Crippen molar-refractivity contribution in [1.82, 2.24) is 19.9 Å². The topological polar surface area (TPSA) is 102 Å². The van der Waals surface area contributed by atoms with Crippen LogP contribution in [-0.4, -0.2) is 39.6 Å². The van der Waals surface area contributed by atoms with Crippen LogP contribution in [0.25, 0.3) is 10.6 Å². The monoisotopic (exact) mass is 448 g/mol. The molecule has 11 heteroatoms. The molecule has 2 N–H and O–H groups in total. The summed E-state index contributed by atoms with van der Waals surface area (Å²) in [6, 6.07) is 3.16. The van der Waals surface area contributed by atoms with Crippen molar-refractivity contribution in [2.75, 3.05) is 24.4 Å². The first kappa shape index (κ1) is 22.6. The molecule has 0 radical (unpaired) electrons. The number of ether oxygens (including phenoxy) is 1. The molecule has 0 atom stereocenters. The van der Waals surface area contributed by atoms with E-state index in [0.29, 0.717) is 40.8 Å². The Labute approximate surface area is 182 Å². The van der Waals surface area contributed by atoms with Gasteiger partial charge < -0.3 is 15.4 Å². The second kappa shape index (κ2) is 9.40. The van der Waals surface area contributed by atoms with Crippen LogP contribution in [0.1, 0.15) is 30.2 Å². The second-order valence-corrected chi connectivity index (χ2v) is 8.02. The molecule has 0 bridgehead atoms. The van der Waals surface area contributed by atoms with Gasteiger partial charge in [-0.1, -0.05) is 0 Å². The molecule has 8 nitrogen and oxygen atoms in total. The molecule has 0 aliphatic heterocycles. The molecule has 0 saturated heterocycles. The smallest absolute Gasteiger partial charge is 0.303 e. The molecular formula is C20H22F2N6O2S. The summed E-state index contributed by atoms with van der Waals surface area (Å²) < 4.78 is 32.7. The van der Waals surface area contributed by atoms with Crippen LogP contribution in [-0.2, 0) is 21.9 Å². The fraction of sp³-hybridized carbons (Fsp3) is 0.350. The van der Waals surface area contributed by atoms with E-state index in [9.17, 15) is 13.6 Å². The number of amides is 1. The molecule has 3 rings (SSSR count). The van der Waals surface area contributed by atoms with Crippen LogP contribution in [0.15, 0.2) is 24.5 Å². The van der Waals surface area contributed by atoms with Crippen LogP contribution in [0.4, 0.5) is 26.1 Å². The summed E-state index contributed by atoms with van der Waals surface area (Å²) in [5, 5.41) is 6.35. The van der Waals surface area contributed by atoms with Crippen molar-refractivity contribution < 1.29 is 18.3 Å². The molecule has 3 aromatic heterocycles. The average molecular weight is 448 g/mol. The van der Waals surface area contributed by atoms with E-state index in [4.69, 9.17) is 4.74 Å². The zero-order valence-electron chi connectivity index (χ0n) is 17.5. The third-order valence-electron chi connectivity index (χ3n) is 4.05. The highest BCUT2D eigenvalue weighted by atomic mass is 32.1. The number of methoxy groups -OCH3 is 1. The number of nitrogens with zero attached hydrogens (tertiary/aromatic N) is 4. The molecule has 0 aromatic carbocycles. The Hall–Kier alpha value is -3.05. The number of carbonyl (C=O) groups excluding carboxylic acids is 1. The molecule has 164 valence electrons. The number of anilines is 3. The number of hydrogen-bond acceptors (Lipinski definition) is 8. The molecular weight excluding hydrogens is 426 g/mol. The molecule has 0 unspecified atom stereocenters. The van der Waals surface area contributed by atoms with E-state index in [1.165, 1.54) is 18.3 Å². The van der Waals surface area contributed by atoms with Crippen molar-refractivity contribution in [1.29, 1.82) is 0 Å². The maximum absolute atomic E-state index is 13.8. The number of carbonyl (C=O) groups is 1. The zero-order valence-corrected chi connectivity index (χ0v) is 18.3. The molecule has 31 heavy (non-hydrogen) atoms. The Bertz CT molecular complexity index is 1080. The van der Waals surface area contributed by atoms with Crippen LogP contribution in [0.2, 0.25) is 0 Å². The number of aryl methyl sites for hydroxylation is 1. The standard InChI is InChI=1S/C20H22F2N6O2S/c1-11-7-17(28-19(25-11)20(3,21)22)27-15-8-16(26-12(2)29)23-10-14(15)18-24-9-13(31-18)5-6-30-4/h7-10H,5-6H2,1-4H3,(H2,23,25,26,27,28,29). The lowest BCUT2D eigenvalue weighted by Crippen LogP contribution is -2.14. The summed E-state index contributed by atoms with van der Waals surface area (Å²) >= 11 is 1.47. The van der Waals surface area contributed by atoms with Gasteiger partial charge in [0.05, 0.1) is 17.9 Å². The number of aromatic nitrogens is 4. The number of alkyl halides is 2. The fourth-order valence-corrected chi connectivity index (χ4v) is 3.61. The first-order valence-electron chi connectivity index (χ1n) is 9.38. The third-order valence-corrected chi connectivity index (χ3v) is 5.14. The van der Waals surface area contributed by atoms with Crippen LogP contribution < -0.4 is 10.6 Å². The lowest BCUT2D eigenvalue weighted by Gasteiger charge is -2.15. The number of pyridine rings is 1. The minimum absolute atomic E-state index is 0.196. The summed E-state index contributed by atoms with van der Waals surface area (Å²) in [5.41, 5.74) is 1.54. The van der Waals surface area contributed by atoms with Gasteiger partial charge in [-0.25, -0.2) is 19.9 Å². The van der Waals surface area contributed by atoms with Gasteiger partial charge in [0.15, 0.2) is 0 Å². The Morgan fingerprint density at radius 3 is 2.65 bits per heavy atom. The van der Waals surface area contributed by atoms with Gasteiger partial charge in [0.2, 0.25) is 11.7 Å². The van der Waals surface area contributed by atoms with E-state index in [1.54, 1.807) is 38.6 Å². The Kier molecular flexibility index (Phi) is 6.86. The number of hydrogen-bond donors (Lipinski definition) is 2. The third kappa shape index (κ3) is 5.98. The van der Waals surface area contributed by atoms with Gasteiger partial charge >= 0.3 is 5.92 Å². The average Bonchev–Trinajstić information content (AvgIpc) is 3.13. The van der Waals surface area contributed by atoms with E-state index in [2.05, 4.69) is 30.6 Å². The van der Waals surface area contributed by atoms with Crippen molar-refractivity contribution in [2.24, 2.45) is 0 Å². The quantitative estimate of drug-likeness (QED) is 0.529. The Balaban J connectivity index is 2.01. The van der Waals surface area contributed by atoms with Gasteiger partial charge in [-0.15, -0.1) is 11.3 Å². The van der Waals surface area contributed by atoms with Crippen LogP contribution in [0.3, 0.4) is 0 Å². The fourth-order valence-electron chi connectivity index (χ4n) is 2.70. The van der Waals surface area contributed by atoms with Crippen molar-refractivity contribution >= 4 is 34.6 Å². The van der Waals surface area contributed by atoms with Crippen molar-refractivity contribution in [3.05, 3.63) is 40.9 Å². The van der Waals surface area contributed by atoms with Crippen LogP contribution >= 0.6 is 11.3 Å². The summed E-state index contributed by atoms with van der Waals surface area (Å²) in [6.45, 7) is 4.30. The maximum atomic E-state index is 13.8. The number of nitrogens with one attached hydrogen (secondary N) is 2. The Morgan fingerprint density at radius 2 is 1.97 bits per heavy atom. The van der Waals surface area contributed by atoms with E-state index >= 15 is 0 Å². The van der Waals surface area contributed by atoms with Gasteiger partial charge in [0.25, 0.3) is 0 Å². The molecule has 0 spiro atoms. The zero-order chi connectivity index (χ0) is 22.6. The molecule has 0 aliphatic rings. The second-order valence-electron chi connectivity index (χ2n) is 6.90. The number of rotatable bonds is 8. The SMILES string of the molecule is COCCc1cnc(-c2cnc(NC(C)=O)cc2Nc2cc(C)nc(C(C)(F)F)n2)s1. The highest BCUT2D eigenvalue weighted by molar-refractivity contribution is 7.15. The molecule has 3 aromatic rings. The van der Waals surface area contributed by atoms with Crippen molar-refractivity contribution in [3.8, 4) is 10.6 Å². The van der Waals surface area contributed by atoms with Gasteiger partial charge in [0.1, 0.15) is 16.6 Å². The minimum Gasteiger partial charge on any atom is -0.384 e. The normalized spacial score (nSPS) is 11.4. The lowest BCUT2D eigenvalue weighted by atomic mass is 10.2. The highest BCUT2D eigenvalue weighted by Gasteiger charge is 2.29. The van der Waals surface area contributed by atoms with Crippen molar-refractivity contribution in [2.45, 2.75) is 33.1 Å². The van der Waals surface area contributed by atoms with Gasteiger partial charge in [0, 0.05) is 62.5 Å². The number of thiazole rings is 1. The Morgan fingerprint density at radius 1 is 1.19 bits per heavy atom. The van der Waals surface area contributed by atoms with Crippen LogP contribution in [0.5, 0.6) is 0 Å². The van der Waals surface area contributed by atoms with Gasteiger partial charge in [-0.05, 0) is 6.92 Å². The van der Waals surface area contributed by atoms with E-state index in [1.807, 2.05) is 0 Å². The first-order chi connectivity index (χ1) is 14.7. The summed E-state index contributed by atoms with van der Waals surface area (Å²) in [7, 11) is 1.63. The van der Waals surface area contributed by atoms with E-state index in [0.717, 1.165) is 11.8 Å². The molecule has 0 fully saturated rings. The molecule has 3 heterocycles. The maximum Gasteiger partial charge on any atom is 0.303 e. The molecule has 0 saturated carbocycles. The minimum atomic E-state index is -3.18. The summed E-state index contributed by atoms with van der Waals surface area (Å²) in [4.78, 5) is 29.0. The van der Waals surface area contributed by atoms with E-state index in [-0.39, 0.29) is 11.7 Å². The lowest BCUT2D eigenvalue weighted by molar-refractivity contribution is -0.114. The summed E-state index contributed by atoms with van der Waals surface area (Å²) in [6.07, 6.45) is 4.04. The molecule has 1 amide bonds. The predicted molar refractivity (Wildman–Crippen MR) is 115 cm³/mol. The summed E-state index contributed by atoms with van der Waals surface area (Å²) in [5.74, 6) is -3.55.